The molecule has 1 saturated heterocycles. The first-order valence-electron chi connectivity index (χ1n) is 8.79. The van der Waals surface area contributed by atoms with Gasteiger partial charge in [0.25, 0.3) is 0 Å². The van der Waals surface area contributed by atoms with Gasteiger partial charge < -0.3 is 4.74 Å². The Balaban J connectivity index is 1.33. The number of hydrogen-bond acceptors (Lipinski definition) is 3. The fourth-order valence-corrected chi connectivity index (χ4v) is 7.37. The molecule has 5 fully saturated rings. The Kier molecular flexibility index (Phi) is 4.02. The maximum Gasteiger partial charge on any atom is 0.244 e. The molecule has 5 aliphatic rings. The van der Waals surface area contributed by atoms with Crippen LogP contribution in [0.1, 0.15) is 64.2 Å². The number of alkyl halides is 1. The van der Waals surface area contributed by atoms with E-state index in [4.69, 9.17) is 9.57 Å². The van der Waals surface area contributed by atoms with Crippen LogP contribution in [0.5, 0.6) is 0 Å². The van der Waals surface area contributed by atoms with E-state index >= 15 is 0 Å². The molecule has 1 aliphatic heterocycles. The lowest BCUT2D eigenvalue weighted by Crippen LogP contribution is -2.54. The van der Waals surface area contributed by atoms with Crippen LogP contribution in [0.3, 0.4) is 0 Å². The highest BCUT2D eigenvalue weighted by molar-refractivity contribution is 9.10. The van der Waals surface area contributed by atoms with E-state index in [-0.39, 0.29) is 17.6 Å². The van der Waals surface area contributed by atoms with Crippen LogP contribution in [0.4, 0.5) is 0 Å². The van der Waals surface area contributed by atoms with Crippen LogP contribution in [-0.4, -0.2) is 23.1 Å². The Labute approximate surface area is 140 Å². The quantitative estimate of drug-likeness (QED) is 0.605. The summed E-state index contributed by atoms with van der Waals surface area (Å²) >= 11 is 4.00. The Morgan fingerprint density at radius 2 is 2.00 bits per heavy atom. The summed E-state index contributed by atoms with van der Waals surface area (Å²) in [6.45, 7) is 0.736. The van der Waals surface area contributed by atoms with Crippen LogP contribution in [0.15, 0.2) is 0 Å². The molecule has 5 heteroatoms. The summed E-state index contributed by atoms with van der Waals surface area (Å²) < 4.78 is 5.80. The van der Waals surface area contributed by atoms with Gasteiger partial charge >= 0.3 is 0 Å². The molecule has 22 heavy (non-hydrogen) atoms. The molecule has 0 radical (unpaired) electrons. The number of carbonyl (C=O) groups is 1. The van der Waals surface area contributed by atoms with Crippen molar-refractivity contribution in [1.29, 1.82) is 0 Å². The van der Waals surface area contributed by atoms with Crippen LogP contribution < -0.4 is 5.48 Å². The van der Waals surface area contributed by atoms with E-state index in [9.17, 15) is 4.79 Å². The molecule has 1 amide bonds. The Morgan fingerprint density at radius 1 is 1.23 bits per heavy atom. The van der Waals surface area contributed by atoms with Crippen molar-refractivity contribution in [2.75, 3.05) is 6.61 Å². The molecule has 4 nitrogen and oxygen atoms in total. The summed E-state index contributed by atoms with van der Waals surface area (Å²) in [5.74, 6) is 1.67. The molecule has 124 valence electrons. The summed E-state index contributed by atoms with van der Waals surface area (Å²) in [4.78, 5) is 17.8. The largest absolute Gasteiger partial charge is 0.350 e. The maximum absolute atomic E-state index is 12.4. The number of ether oxygens (including phenoxy) is 1. The van der Waals surface area contributed by atoms with E-state index in [1.54, 1.807) is 0 Å². The van der Waals surface area contributed by atoms with E-state index in [1.807, 2.05) is 0 Å². The van der Waals surface area contributed by atoms with Gasteiger partial charge in [0.1, 0.15) is 0 Å². The second kappa shape index (κ2) is 5.75. The number of hydroxylamine groups is 1. The lowest BCUT2D eigenvalue weighted by atomic mass is 9.48. The van der Waals surface area contributed by atoms with Crippen LogP contribution in [0, 0.1) is 17.3 Å². The van der Waals surface area contributed by atoms with Gasteiger partial charge in [0.05, 0.1) is 0 Å². The molecular weight excluding hydrogens is 346 g/mol. The molecule has 5 rings (SSSR count). The highest BCUT2D eigenvalue weighted by Crippen LogP contribution is 2.65. The van der Waals surface area contributed by atoms with Crippen molar-refractivity contribution < 1.29 is 14.4 Å². The molecule has 1 N–H and O–H groups in total. The number of hydrogen-bond donors (Lipinski definition) is 1. The van der Waals surface area contributed by atoms with Crippen LogP contribution in [-0.2, 0) is 14.4 Å². The number of halogens is 1. The predicted octanol–water partition coefficient (Wildman–Crippen LogP) is 3.68. The van der Waals surface area contributed by atoms with Crippen molar-refractivity contribution in [3.05, 3.63) is 0 Å². The molecule has 0 spiro atoms. The molecule has 4 bridgehead atoms. The Bertz CT molecular complexity index is 435. The zero-order valence-corrected chi connectivity index (χ0v) is 14.7. The van der Waals surface area contributed by atoms with Gasteiger partial charge in [-0.3, -0.25) is 4.79 Å². The third-order valence-electron chi connectivity index (χ3n) is 6.09. The molecule has 0 aromatic heterocycles. The van der Waals surface area contributed by atoms with E-state index < -0.39 is 0 Å². The van der Waals surface area contributed by atoms with E-state index in [1.165, 1.54) is 32.1 Å². The van der Waals surface area contributed by atoms with Gasteiger partial charge in [-0.25, -0.2) is 10.3 Å². The predicted molar refractivity (Wildman–Crippen MR) is 86.2 cm³/mol. The normalized spacial score (nSPS) is 46.7. The maximum atomic E-state index is 12.4. The van der Waals surface area contributed by atoms with Crippen LogP contribution >= 0.6 is 15.9 Å². The first-order valence-corrected chi connectivity index (χ1v) is 9.59. The van der Waals surface area contributed by atoms with Crippen molar-refractivity contribution in [2.24, 2.45) is 17.3 Å². The summed E-state index contributed by atoms with van der Waals surface area (Å²) in [7, 11) is 0. The van der Waals surface area contributed by atoms with Gasteiger partial charge in [-0.15, -0.1) is 0 Å². The van der Waals surface area contributed by atoms with Crippen molar-refractivity contribution in [3.63, 3.8) is 0 Å². The second-order valence-corrected chi connectivity index (χ2v) is 9.91. The van der Waals surface area contributed by atoms with E-state index in [0.29, 0.717) is 10.7 Å². The van der Waals surface area contributed by atoms with Gasteiger partial charge in [0.2, 0.25) is 5.91 Å². The fraction of sp³-hybridized carbons (Fsp3) is 0.941. The van der Waals surface area contributed by atoms with Gasteiger partial charge in [0, 0.05) is 23.8 Å². The third-order valence-corrected chi connectivity index (χ3v) is 7.02. The Morgan fingerprint density at radius 3 is 2.64 bits per heavy atom. The second-order valence-electron chi connectivity index (χ2n) is 8.23. The van der Waals surface area contributed by atoms with Crippen molar-refractivity contribution in [3.8, 4) is 0 Å². The summed E-state index contributed by atoms with van der Waals surface area (Å²) in [6, 6.07) is 0. The summed E-state index contributed by atoms with van der Waals surface area (Å²) in [5.41, 5.74) is 2.86. The zero-order valence-electron chi connectivity index (χ0n) is 13.1. The number of nitrogens with one attached hydrogen (secondary N) is 1. The van der Waals surface area contributed by atoms with Gasteiger partial charge in [-0.1, -0.05) is 15.9 Å². The molecule has 1 heterocycles. The van der Waals surface area contributed by atoms with Crippen LogP contribution in [0.2, 0.25) is 0 Å². The van der Waals surface area contributed by atoms with Crippen molar-refractivity contribution in [2.45, 2.75) is 74.8 Å². The third kappa shape index (κ3) is 3.09. The average molecular weight is 372 g/mol. The molecule has 3 unspecified atom stereocenters. The SMILES string of the molecule is O=C(CC12CC3CC(CC(Br)(C3)C1)C2)NOC1CCCCO1. The molecule has 0 aromatic rings. The number of rotatable bonds is 4. The minimum Gasteiger partial charge on any atom is -0.350 e. The number of amides is 1. The molecule has 0 aromatic carbocycles. The lowest BCUT2D eigenvalue weighted by molar-refractivity contribution is -0.202. The monoisotopic (exact) mass is 371 g/mol. The minimum absolute atomic E-state index is 0.0345. The van der Waals surface area contributed by atoms with E-state index in [2.05, 4.69) is 21.4 Å². The fourth-order valence-electron chi connectivity index (χ4n) is 5.86. The first-order chi connectivity index (χ1) is 10.5. The molecule has 4 aliphatic carbocycles. The Hall–Kier alpha value is -0.130. The lowest BCUT2D eigenvalue weighted by Gasteiger charge is -2.60. The molecular formula is C17H26BrNO3. The zero-order chi connectivity index (χ0) is 15.2. The van der Waals surface area contributed by atoms with Crippen LogP contribution in [0.25, 0.3) is 0 Å². The highest BCUT2D eigenvalue weighted by Gasteiger charge is 2.57. The van der Waals surface area contributed by atoms with Gasteiger partial charge in [0.15, 0.2) is 6.29 Å². The van der Waals surface area contributed by atoms with Gasteiger partial charge in [-0.05, 0) is 68.6 Å². The molecule has 4 saturated carbocycles. The van der Waals surface area contributed by atoms with Crippen molar-refractivity contribution >= 4 is 21.8 Å². The van der Waals surface area contributed by atoms with E-state index in [0.717, 1.165) is 44.1 Å². The average Bonchev–Trinajstić information content (AvgIpc) is 2.43. The summed E-state index contributed by atoms with van der Waals surface area (Å²) in [5, 5.41) is 0. The topological polar surface area (TPSA) is 47.6 Å². The van der Waals surface area contributed by atoms with Crippen molar-refractivity contribution in [1.82, 2.24) is 5.48 Å². The summed E-state index contributed by atoms with van der Waals surface area (Å²) in [6.07, 6.45) is 11.0. The minimum atomic E-state index is -0.253. The molecule has 3 atom stereocenters. The highest BCUT2D eigenvalue weighted by atomic mass is 79.9. The smallest absolute Gasteiger partial charge is 0.244 e. The first kappa shape index (κ1) is 15.4. The van der Waals surface area contributed by atoms with Gasteiger partial charge in [-0.2, -0.15) is 0 Å². The standard InChI is InChI=1S/C17H26BrNO3/c18-17-8-12-5-13(9-17)7-16(6-12,11-17)10-14(20)19-22-15-3-1-2-4-21-15/h12-13,15H,1-11H2,(H,19,20). The number of carbonyl (C=O) groups excluding carboxylic acids is 1.